The van der Waals surface area contributed by atoms with Gasteiger partial charge in [-0.15, -0.1) is 0 Å². The highest BCUT2D eigenvalue weighted by Gasteiger charge is 2.15. The van der Waals surface area contributed by atoms with Crippen molar-refractivity contribution in [2.75, 3.05) is 26.3 Å². The van der Waals surface area contributed by atoms with E-state index in [1.165, 1.54) is 12.1 Å². The van der Waals surface area contributed by atoms with Crippen molar-refractivity contribution >= 4 is 20.2 Å². The highest BCUT2D eigenvalue weighted by molar-refractivity contribution is 7.86. The van der Waals surface area contributed by atoms with Crippen LogP contribution in [0.25, 0.3) is 0 Å². The van der Waals surface area contributed by atoms with Gasteiger partial charge in [0, 0.05) is 19.2 Å². The molecule has 2 aromatic carbocycles. The van der Waals surface area contributed by atoms with Gasteiger partial charge in [0.05, 0.1) is 18.1 Å². The van der Waals surface area contributed by atoms with Crippen molar-refractivity contribution in [2.45, 2.75) is 16.7 Å². The Morgan fingerprint density at radius 3 is 1.76 bits per heavy atom. The number of hydrogen-bond acceptors (Lipinski definition) is 8. The normalized spacial score (nSPS) is 14.0. The molecule has 0 spiro atoms. The molecule has 29 heavy (non-hydrogen) atoms. The van der Waals surface area contributed by atoms with E-state index in [1.54, 1.807) is 12.1 Å². The molecule has 0 unspecified atom stereocenters. The molecule has 12 heteroatoms. The fourth-order valence-electron chi connectivity index (χ4n) is 1.94. The smallest absolute Gasteiger partial charge is 0.298 e. The van der Waals surface area contributed by atoms with Gasteiger partial charge in [-0.05, 0) is 31.2 Å². The molecule has 10 nitrogen and oxygen atoms in total. The third-order valence-electron chi connectivity index (χ3n) is 3.39. The summed E-state index contributed by atoms with van der Waals surface area (Å²) in [6, 6.07) is 8.81. The van der Waals surface area contributed by atoms with E-state index < -0.39 is 30.9 Å². The van der Waals surface area contributed by atoms with Crippen LogP contribution in [0.15, 0.2) is 52.3 Å². The predicted molar refractivity (Wildman–Crippen MR) is 104 cm³/mol. The van der Waals surface area contributed by atoms with E-state index in [2.05, 4.69) is 5.32 Å². The van der Waals surface area contributed by atoms with Gasteiger partial charge < -0.3 is 20.3 Å². The van der Waals surface area contributed by atoms with Crippen LogP contribution in [-0.4, -0.2) is 62.5 Å². The lowest BCUT2D eigenvalue weighted by molar-refractivity contribution is 0.109. The fourth-order valence-corrected chi connectivity index (χ4v) is 3.02. The van der Waals surface area contributed by atoms with Gasteiger partial charge in [0.15, 0.2) is 0 Å². The molecule has 1 heterocycles. The van der Waals surface area contributed by atoms with Gasteiger partial charge in [0.1, 0.15) is 16.4 Å². The molecule has 1 saturated heterocycles. The van der Waals surface area contributed by atoms with Gasteiger partial charge in [-0.25, -0.2) is 0 Å². The summed E-state index contributed by atoms with van der Waals surface area (Å²) < 4.78 is 64.0. The first kappa shape index (κ1) is 24.8. The van der Waals surface area contributed by atoms with Crippen LogP contribution in [0.5, 0.6) is 11.5 Å². The summed E-state index contributed by atoms with van der Waals surface area (Å²) >= 11 is 0. The van der Waals surface area contributed by atoms with Gasteiger partial charge in [-0.1, -0.05) is 17.7 Å². The second-order valence-corrected chi connectivity index (χ2v) is 8.59. The van der Waals surface area contributed by atoms with Crippen LogP contribution in [0, 0.1) is 6.92 Å². The highest BCUT2D eigenvalue weighted by atomic mass is 32.2. The maximum atomic E-state index is 10.5. The number of aromatic hydroxyl groups is 2. The fraction of sp³-hybridized carbons (Fsp3) is 0.294. The summed E-state index contributed by atoms with van der Waals surface area (Å²) in [6.07, 6.45) is 0. The summed E-state index contributed by atoms with van der Waals surface area (Å²) in [5.74, 6) is -0.948. The van der Waals surface area contributed by atoms with Crippen LogP contribution in [0.4, 0.5) is 0 Å². The first-order chi connectivity index (χ1) is 13.4. The third-order valence-corrected chi connectivity index (χ3v) is 5.14. The second kappa shape index (κ2) is 11.1. The predicted octanol–water partition coefficient (Wildman–Crippen LogP) is 1.19. The summed E-state index contributed by atoms with van der Waals surface area (Å²) in [6.45, 7) is 5.67. The zero-order chi connectivity index (χ0) is 22.1. The van der Waals surface area contributed by atoms with Crippen LogP contribution in [0.2, 0.25) is 0 Å². The van der Waals surface area contributed by atoms with E-state index >= 15 is 0 Å². The Kier molecular flexibility index (Phi) is 9.49. The van der Waals surface area contributed by atoms with Crippen molar-refractivity contribution in [1.82, 2.24) is 5.32 Å². The van der Waals surface area contributed by atoms with Gasteiger partial charge in [0.2, 0.25) is 0 Å². The number of benzene rings is 2. The maximum absolute atomic E-state index is 10.5. The zero-order valence-electron chi connectivity index (χ0n) is 15.5. The zero-order valence-corrected chi connectivity index (χ0v) is 17.1. The standard InChI is InChI=1S/C7H8O3S.C6H6O5S.C4H9NO/c1-6-2-4-7(5-3-6)11(8,9)10;7-4-1-2-5(8)6(3-4)12(9,10)11;1-3-6-4-2-5-1/h2-5H,1H3,(H,8,9,10);1-3,7-8H,(H,9,10,11);5H,1-4H2. The molecule has 1 fully saturated rings. The molecule has 0 amide bonds. The molecule has 0 atom stereocenters. The monoisotopic (exact) mass is 449 g/mol. The van der Waals surface area contributed by atoms with Gasteiger partial charge in [-0.2, -0.15) is 16.8 Å². The molecule has 5 N–H and O–H groups in total. The Morgan fingerprint density at radius 2 is 1.41 bits per heavy atom. The lowest BCUT2D eigenvalue weighted by Crippen LogP contribution is -2.30. The molecule has 0 aliphatic carbocycles. The van der Waals surface area contributed by atoms with Crippen LogP contribution in [0.1, 0.15) is 5.56 Å². The first-order valence-corrected chi connectivity index (χ1v) is 11.1. The number of morpholine rings is 1. The van der Waals surface area contributed by atoms with E-state index in [-0.39, 0.29) is 10.6 Å². The topological polar surface area (TPSA) is 170 Å². The second-order valence-electron chi connectivity index (χ2n) is 5.78. The molecule has 1 aliphatic rings. The number of hydrogen-bond donors (Lipinski definition) is 5. The Bertz CT molecular complexity index is 973. The van der Waals surface area contributed by atoms with Crippen molar-refractivity contribution in [3.05, 3.63) is 48.0 Å². The summed E-state index contributed by atoms with van der Waals surface area (Å²) in [7, 11) is -8.49. The Labute approximate surface area is 169 Å². The van der Waals surface area contributed by atoms with Crippen molar-refractivity contribution in [1.29, 1.82) is 0 Å². The minimum atomic E-state index is -4.47. The molecular weight excluding hydrogens is 426 g/mol. The minimum absolute atomic E-state index is 0.0666. The SMILES string of the molecule is C1COCCN1.Cc1ccc(S(=O)(=O)O)cc1.O=S(=O)(O)c1cc(O)ccc1O. The van der Waals surface area contributed by atoms with Gasteiger partial charge in [-0.3, -0.25) is 9.11 Å². The van der Waals surface area contributed by atoms with E-state index in [9.17, 15) is 16.8 Å². The molecule has 2 aromatic rings. The molecule has 0 aromatic heterocycles. The molecular formula is C17H23NO9S2. The minimum Gasteiger partial charge on any atom is -0.508 e. The van der Waals surface area contributed by atoms with Crippen LogP contribution < -0.4 is 5.32 Å². The molecule has 0 radical (unpaired) electrons. The molecule has 0 bridgehead atoms. The molecule has 162 valence electrons. The Balaban J connectivity index is 0.000000229. The van der Waals surface area contributed by atoms with E-state index in [4.69, 9.17) is 24.1 Å². The maximum Gasteiger partial charge on any atom is 0.298 e. The number of nitrogens with one attached hydrogen (secondary N) is 1. The van der Waals surface area contributed by atoms with Crippen molar-refractivity contribution in [2.24, 2.45) is 0 Å². The third kappa shape index (κ3) is 9.69. The van der Waals surface area contributed by atoms with Gasteiger partial charge in [0.25, 0.3) is 20.2 Å². The summed E-state index contributed by atoms with van der Waals surface area (Å²) in [4.78, 5) is -0.773. The lowest BCUT2D eigenvalue weighted by atomic mass is 10.2. The van der Waals surface area contributed by atoms with E-state index in [0.717, 1.165) is 50.1 Å². The Morgan fingerprint density at radius 1 is 0.862 bits per heavy atom. The van der Waals surface area contributed by atoms with Crippen molar-refractivity contribution in [3.63, 3.8) is 0 Å². The molecule has 0 saturated carbocycles. The molecule has 3 rings (SSSR count). The number of rotatable bonds is 2. The highest BCUT2D eigenvalue weighted by Crippen LogP contribution is 2.25. The first-order valence-electron chi connectivity index (χ1n) is 8.23. The van der Waals surface area contributed by atoms with Gasteiger partial charge >= 0.3 is 0 Å². The average molecular weight is 450 g/mol. The van der Waals surface area contributed by atoms with Crippen LogP contribution >= 0.6 is 0 Å². The number of phenols is 2. The Hall–Kier alpha value is -2.22. The average Bonchev–Trinajstić information content (AvgIpc) is 2.65. The van der Waals surface area contributed by atoms with Crippen molar-refractivity contribution < 1.29 is 40.9 Å². The lowest BCUT2D eigenvalue weighted by Gasteiger charge is -2.10. The summed E-state index contributed by atoms with van der Waals surface area (Å²) in [5, 5.41) is 20.9. The van der Waals surface area contributed by atoms with Crippen LogP contribution in [-0.2, 0) is 25.0 Å². The van der Waals surface area contributed by atoms with Crippen molar-refractivity contribution in [3.8, 4) is 11.5 Å². The van der Waals surface area contributed by atoms with E-state index in [1.807, 2.05) is 6.92 Å². The summed E-state index contributed by atoms with van der Waals surface area (Å²) in [5.41, 5.74) is 0.956. The number of ether oxygens (including phenoxy) is 1. The number of phenolic OH excluding ortho intramolecular Hbond substituents is 2. The molecule has 1 aliphatic heterocycles. The van der Waals surface area contributed by atoms with Crippen LogP contribution in [0.3, 0.4) is 0 Å². The van der Waals surface area contributed by atoms with E-state index in [0.29, 0.717) is 0 Å². The number of aryl methyl sites for hydroxylation is 1. The largest absolute Gasteiger partial charge is 0.508 e. The quantitative estimate of drug-likeness (QED) is 0.331.